The normalized spacial score (nSPS) is 26.8. The molecule has 2 atom stereocenters. The van der Waals surface area contributed by atoms with Crippen LogP contribution in [0.25, 0.3) is 0 Å². The molecule has 3 aliphatic rings. The molecule has 2 aromatic heterocycles. The maximum atomic E-state index is 5.86. The van der Waals surface area contributed by atoms with Crippen LogP contribution in [0.2, 0.25) is 0 Å². The Morgan fingerprint density at radius 2 is 1.67 bits per heavy atom. The first-order valence-electron chi connectivity index (χ1n) is 10.5. The molecule has 3 fully saturated rings. The Labute approximate surface area is 167 Å². The van der Waals surface area contributed by atoms with Crippen molar-refractivity contribution in [3.63, 3.8) is 0 Å². The molecule has 2 saturated carbocycles. The second kappa shape index (κ2) is 7.27. The van der Waals surface area contributed by atoms with Crippen LogP contribution in [0.3, 0.4) is 0 Å². The summed E-state index contributed by atoms with van der Waals surface area (Å²) in [6, 6.07) is 12.3. The second-order valence-corrected chi connectivity index (χ2v) is 8.64. The highest BCUT2D eigenvalue weighted by Crippen LogP contribution is 2.44. The summed E-state index contributed by atoms with van der Waals surface area (Å²) in [6.45, 7) is 0. The summed E-state index contributed by atoms with van der Waals surface area (Å²) >= 11 is 5.86. The SMILES string of the molecule is S=C1NC(c2ccccn2)C(c2cccn2C2CCCC2)N1C1CCCC1. The maximum Gasteiger partial charge on any atom is 0.170 e. The highest BCUT2D eigenvalue weighted by molar-refractivity contribution is 7.80. The van der Waals surface area contributed by atoms with E-state index in [4.69, 9.17) is 12.2 Å². The molecule has 0 bridgehead atoms. The number of nitrogens with one attached hydrogen (secondary N) is 1. The Balaban J connectivity index is 1.57. The summed E-state index contributed by atoms with van der Waals surface area (Å²) in [5.74, 6) is 0. The van der Waals surface area contributed by atoms with E-state index >= 15 is 0 Å². The van der Waals surface area contributed by atoms with E-state index in [9.17, 15) is 0 Å². The quantitative estimate of drug-likeness (QED) is 0.764. The first kappa shape index (κ1) is 17.2. The molecule has 5 heteroatoms. The van der Waals surface area contributed by atoms with Crippen LogP contribution in [0.4, 0.5) is 0 Å². The number of rotatable bonds is 4. The lowest BCUT2D eigenvalue weighted by Crippen LogP contribution is -2.38. The van der Waals surface area contributed by atoms with Gasteiger partial charge in [0.05, 0.1) is 17.8 Å². The summed E-state index contributed by atoms with van der Waals surface area (Å²) < 4.78 is 2.55. The number of hydrogen-bond acceptors (Lipinski definition) is 2. The molecule has 27 heavy (non-hydrogen) atoms. The van der Waals surface area contributed by atoms with Crippen LogP contribution in [-0.4, -0.2) is 25.6 Å². The Morgan fingerprint density at radius 3 is 2.37 bits per heavy atom. The average Bonchev–Trinajstić information content (AvgIpc) is 3.46. The lowest BCUT2D eigenvalue weighted by molar-refractivity contribution is 0.233. The lowest BCUT2D eigenvalue weighted by atomic mass is 9.99. The molecule has 0 amide bonds. The molecule has 4 nitrogen and oxygen atoms in total. The molecule has 3 heterocycles. The summed E-state index contributed by atoms with van der Waals surface area (Å²) in [4.78, 5) is 7.20. The van der Waals surface area contributed by atoms with Crippen LogP contribution < -0.4 is 5.32 Å². The van der Waals surface area contributed by atoms with Gasteiger partial charge in [-0.3, -0.25) is 4.98 Å². The minimum Gasteiger partial charge on any atom is -0.352 e. The van der Waals surface area contributed by atoms with Crippen molar-refractivity contribution < 1.29 is 0 Å². The van der Waals surface area contributed by atoms with Crippen molar-refractivity contribution >= 4 is 17.3 Å². The first-order valence-corrected chi connectivity index (χ1v) is 10.9. The minimum absolute atomic E-state index is 0.120. The fraction of sp³-hybridized carbons (Fsp3) is 0.545. The standard InChI is InChI=1S/C22H28N4S/c27-22-24-20(18-12-5-6-14-23-18)21(26(22)17-10-3-4-11-17)19-13-7-15-25(19)16-8-1-2-9-16/h5-7,12-17,20-21H,1-4,8-11H2,(H,24,27). The van der Waals surface area contributed by atoms with Crippen molar-refractivity contribution in [2.24, 2.45) is 0 Å². The summed E-state index contributed by atoms with van der Waals surface area (Å²) in [6.07, 6.45) is 14.6. The lowest BCUT2D eigenvalue weighted by Gasteiger charge is -2.34. The molecular weight excluding hydrogens is 352 g/mol. The van der Waals surface area contributed by atoms with Crippen LogP contribution in [0.15, 0.2) is 42.7 Å². The first-order chi connectivity index (χ1) is 13.3. The Bertz CT molecular complexity index is 790. The van der Waals surface area contributed by atoms with Gasteiger partial charge in [0.2, 0.25) is 0 Å². The number of hydrogen-bond donors (Lipinski definition) is 1. The van der Waals surface area contributed by atoms with E-state index in [2.05, 4.69) is 50.2 Å². The Kier molecular flexibility index (Phi) is 4.64. The van der Waals surface area contributed by atoms with Crippen LogP contribution in [-0.2, 0) is 0 Å². The maximum absolute atomic E-state index is 5.86. The monoisotopic (exact) mass is 380 g/mol. The van der Waals surface area contributed by atoms with Gasteiger partial charge in [-0.05, 0) is 62.2 Å². The van der Waals surface area contributed by atoms with Crippen LogP contribution in [0.1, 0.15) is 80.9 Å². The molecule has 0 aromatic carbocycles. The topological polar surface area (TPSA) is 33.1 Å². The summed E-state index contributed by atoms with van der Waals surface area (Å²) in [5.41, 5.74) is 2.49. The third kappa shape index (κ3) is 3.06. The second-order valence-electron chi connectivity index (χ2n) is 8.25. The van der Waals surface area contributed by atoms with E-state index in [-0.39, 0.29) is 12.1 Å². The number of thiocarbonyl (C=S) groups is 1. The van der Waals surface area contributed by atoms with Gasteiger partial charge in [-0.25, -0.2) is 0 Å². The largest absolute Gasteiger partial charge is 0.352 e. The Morgan fingerprint density at radius 1 is 0.926 bits per heavy atom. The van der Waals surface area contributed by atoms with Gasteiger partial charge in [-0.15, -0.1) is 0 Å². The van der Waals surface area contributed by atoms with E-state index in [1.54, 1.807) is 0 Å². The van der Waals surface area contributed by atoms with Crippen LogP contribution in [0, 0.1) is 0 Å². The van der Waals surface area contributed by atoms with E-state index in [1.807, 2.05) is 12.3 Å². The zero-order chi connectivity index (χ0) is 18.2. The predicted molar refractivity (Wildman–Crippen MR) is 111 cm³/mol. The molecule has 0 spiro atoms. The molecule has 142 valence electrons. The highest BCUT2D eigenvalue weighted by atomic mass is 32.1. The van der Waals surface area contributed by atoms with E-state index < -0.39 is 0 Å². The van der Waals surface area contributed by atoms with Crippen molar-refractivity contribution in [2.45, 2.75) is 75.5 Å². The molecule has 5 rings (SSSR count). The molecule has 2 aliphatic carbocycles. The molecular formula is C22H28N4S. The molecule has 2 unspecified atom stereocenters. The average molecular weight is 381 g/mol. The van der Waals surface area contributed by atoms with Crippen molar-refractivity contribution in [1.82, 2.24) is 19.8 Å². The summed E-state index contributed by atoms with van der Waals surface area (Å²) in [5, 5.41) is 4.54. The van der Waals surface area contributed by atoms with Gasteiger partial charge in [0.1, 0.15) is 0 Å². The smallest absolute Gasteiger partial charge is 0.170 e. The van der Waals surface area contributed by atoms with Crippen molar-refractivity contribution in [1.29, 1.82) is 0 Å². The van der Waals surface area contributed by atoms with E-state index in [0.29, 0.717) is 12.1 Å². The van der Waals surface area contributed by atoms with Gasteiger partial charge in [-0.2, -0.15) is 0 Å². The minimum atomic E-state index is 0.120. The number of aromatic nitrogens is 2. The number of pyridine rings is 1. The third-order valence-corrected chi connectivity index (χ3v) is 7.01. The van der Waals surface area contributed by atoms with Gasteiger partial charge in [0, 0.05) is 30.2 Å². The van der Waals surface area contributed by atoms with E-state index in [0.717, 1.165) is 10.8 Å². The summed E-state index contributed by atoms with van der Waals surface area (Å²) in [7, 11) is 0. The predicted octanol–water partition coefficient (Wildman–Crippen LogP) is 4.91. The molecule has 1 N–H and O–H groups in total. The van der Waals surface area contributed by atoms with Gasteiger partial charge in [0.15, 0.2) is 5.11 Å². The number of nitrogens with zero attached hydrogens (tertiary/aromatic N) is 3. The van der Waals surface area contributed by atoms with E-state index in [1.165, 1.54) is 57.1 Å². The molecule has 1 saturated heterocycles. The molecule has 1 aliphatic heterocycles. The van der Waals surface area contributed by atoms with Gasteiger partial charge in [0.25, 0.3) is 0 Å². The van der Waals surface area contributed by atoms with Crippen molar-refractivity contribution in [2.75, 3.05) is 0 Å². The highest BCUT2D eigenvalue weighted by Gasteiger charge is 2.45. The van der Waals surface area contributed by atoms with Crippen molar-refractivity contribution in [3.8, 4) is 0 Å². The van der Waals surface area contributed by atoms with Crippen LogP contribution >= 0.6 is 12.2 Å². The van der Waals surface area contributed by atoms with Gasteiger partial charge >= 0.3 is 0 Å². The third-order valence-electron chi connectivity index (χ3n) is 6.69. The fourth-order valence-electron chi connectivity index (χ4n) is 5.43. The molecule has 0 radical (unpaired) electrons. The zero-order valence-corrected chi connectivity index (χ0v) is 16.6. The van der Waals surface area contributed by atoms with Crippen LogP contribution in [0.5, 0.6) is 0 Å². The zero-order valence-electron chi connectivity index (χ0n) is 15.8. The fourth-order valence-corrected chi connectivity index (χ4v) is 5.82. The van der Waals surface area contributed by atoms with Gasteiger partial charge in [-0.1, -0.05) is 31.7 Å². The van der Waals surface area contributed by atoms with Crippen molar-refractivity contribution in [3.05, 3.63) is 54.1 Å². The molecule has 2 aromatic rings. The van der Waals surface area contributed by atoms with Gasteiger partial charge < -0.3 is 14.8 Å². The Hall–Kier alpha value is -1.88.